The van der Waals surface area contributed by atoms with Gasteiger partial charge < -0.3 is 0 Å². The average Bonchev–Trinajstić information content (AvgIpc) is 3.43. The summed E-state index contributed by atoms with van der Waals surface area (Å²) < 4.78 is 0. The molecule has 4 atom stereocenters. The van der Waals surface area contributed by atoms with Crippen molar-refractivity contribution in [1.29, 1.82) is 0 Å². The number of benzene rings is 2. The van der Waals surface area contributed by atoms with Gasteiger partial charge >= 0.3 is 0 Å². The molecule has 0 heterocycles. The summed E-state index contributed by atoms with van der Waals surface area (Å²) in [6.07, 6.45) is 25.2. The van der Waals surface area contributed by atoms with Crippen LogP contribution < -0.4 is 0 Å². The Bertz CT molecular complexity index is 914. The van der Waals surface area contributed by atoms with Gasteiger partial charge in [-0.25, -0.2) is 0 Å². The van der Waals surface area contributed by atoms with Crippen molar-refractivity contribution in [3.8, 4) is 0 Å². The summed E-state index contributed by atoms with van der Waals surface area (Å²) in [6, 6.07) is 14.1. The quantitative estimate of drug-likeness (QED) is 0.466. The molecular weight excluding hydrogens is 372 g/mol. The Labute approximate surface area is 188 Å². The van der Waals surface area contributed by atoms with Gasteiger partial charge in [0.2, 0.25) is 0 Å². The molecule has 0 N–H and O–H groups in total. The highest BCUT2D eigenvalue weighted by Gasteiger charge is 2.36. The topological polar surface area (TPSA) is 0 Å². The Hall–Kier alpha value is -2.34. The van der Waals surface area contributed by atoms with Crippen LogP contribution in [-0.4, -0.2) is 0 Å². The maximum Gasteiger partial charge on any atom is -0.0114 e. The minimum absolute atomic E-state index is 0.690. The fourth-order valence-electron chi connectivity index (χ4n) is 6.51. The molecule has 0 heteroatoms. The van der Waals surface area contributed by atoms with Crippen molar-refractivity contribution in [3.63, 3.8) is 0 Å². The molecule has 0 spiro atoms. The summed E-state index contributed by atoms with van der Waals surface area (Å²) in [7, 11) is 0. The van der Waals surface area contributed by atoms with E-state index in [1.54, 1.807) is 16.5 Å². The molecule has 4 aliphatic carbocycles. The van der Waals surface area contributed by atoms with Crippen molar-refractivity contribution in [2.24, 2.45) is 23.7 Å². The third-order valence-corrected chi connectivity index (χ3v) is 7.83. The van der Waals surface area contributed by atoms with E-state index in [0.717, 1.165) is 23.7 Å². The van der Waals surface area contributed by atoms with Crippen LogP contribution in [0, 0.1) is 23.7 Å². The van der Waals surface area contributed by atoms with Gasteiger partial charge in [-0.05, 0) is 83.1 Å². The second-order valence-corrected chi connectivity index (χ2v) is 10.0. The van der Waals surface area contributed by atoms with E-state index in [0.29, 0.717) is 11.8 Å². The molecule has 0 bridgehead atoms. The number of rotatable bonds is 2. The zero-order valence-electron chi connectivity index (χ0n) is 19.1. The molecule has 4 unspecified atom stereocenters. The lowest BCUT2D eigenvalue weighted by atomic mass is 9.84. The Morgan fingerprint density at radius 2 is 0.935 bits per heavy atom. The maximum absolute atomic E-state index is 2.44. The van der Waals surface area contributed by atoms with Crippen LogP contribution in [0.2, 0.25) is 0 Å². The predicted octanol–water partition coefficient (Wildman–Crippen LogP) is 8.73. The van der Waals surface area contributed by atoms with E-state index in [9.17, 15) is 0 Å². The van der Waals surface area contributed by atoms with E-state index in [1.807, 2.05) is 0 Å². The molecule has 2 saturated carbocycles. The van der Waals surface area contributed by atoms with E-state index < -0.39 is 0 Å². The second kappa shape index (κ2) is 9.03. The minimum Gasteiger partial charge on any atom is -0.0808 e. The lowest BCUT2D eigenvalue weighted by molar-refractivity contribution is 0.552. The van der Waals surface area contributed by atoms with E-state index in [2.05, 4.69) is 98.9 Å². The summed E-state index contributed by atoms with van der Waals surface area (Å²) in [6.45, 7) is 4.25. The molecule has 0 amide bonds. The standard InChI is InChI=1S/C28H28.C3H8/c1-2-8-21-16-24(15-20(21)7-1)26-13-5-11-19-12-6-14-27(28(19)26)25-17-22-9-3-4-10-23(22)18-25;1-3-2/h1-14,20-25H,15-18H2;3H2,1-2H3. The molecule has 2 fully saturated rings. The van der Waals surface area contributed by atoms with Gasteiger partial charge in [0, 0.05) is 0 Å². The van der Waals surface area contributed by atoms with Gasteiger partial charge in [0.05, 0.1) is 0 Å². The van der Waals surface area contributed by atoms with Crippen LogP contribution in [0.25, 0.3) is 10.8 Å². The third kappa shape index (κ3) is 3.98. The first-order valence-corrected chi connectivity index (χ1v) is 12.5. The van der Waals surface area contributed by atoms with Gasteiger partial charge in [-0.15, -0.1) is 0 Å². The maximum atomic E-state index is 2.44. The van der Waals surface area contributed by atoms with Crippen LogP contribution in [0.1, 0.15) is 68.9 Å². The highest BCUT2D eigenvalue weighted by atomic mass is 14.4. The molecule has 2 aromatic carbocycles. The van der Waals surface area contributed by atoms with Crippen molar-refractivity contribution in [3.05, 3.63) is 96.1 Å². The summed E-state index contributed by atoms with van der Waals surface area (Å²) in [4.78, 5) is 0. The minimum atomic E-state index is 0.690. The lowest BCUT2D eigenvalue weighted by Crippen LogP contribution is -2.03. The number of fused-ring (bicyclic) bond motifs is 3. The van der Waals surface area contributed by atoms with Gasteiger partial charge in [0.15, 0.2) is 0 Å². The SMILES string of the molecule is C1=CC2CC(c3cccc4cccc(C5CC6C=CC=CC6C5)c34)CC2C=C1.CCC. The number of hydrogen-bond donors (Lipinski definition) is 0. The summed E-state index contributed by atoms with van der Waals surface area (Å²) in [5, 5.41) is 3.02. The summed E-state index contributed by atoms with van der Waals surface area (Å²) >= 11 is 0. The fourth-order valence-corrected chi connectivity index (χ4v) is 6.51. The normalized spacial score (nSPS) is 32.6. The molecule has 0 radical (unpaired) electrons. The molecule has 0 saturated heterocycles. The van der Waals surface area contributed by atoms with E-state index in [4.69, 9.17) is 0 Å². The molecule has 6 rings (SSSR count). The first kappa shape index (κ1) is 20.6. The van der Waals surface area contributed by atoms with Crippen LogP contribution in [0.4, 0.5) is 0 Å². The van der Waals surface area contributed by atoms with Crippen molar-refractivity contribution >= 4 is 10.8 Å². The molecule has 4 aliphatic rings. The van der Waals surface area contributed by atoms with Crippen LogP contribution >= 0.6 is 0 Å². The monoisotopic (exact) mass is 408 g/mol. The van der Waals surface area contributed by atoms with Crippen LogP contribution in [0.3, 0.4) is 0 Å². The van der Waals surface area contributed by atoms with Gasteiger partial charge in [0.1, 0.15) is 0 Å². The van der Waals surface area contributed by atoms with Gasteiger partial charge in [-0.1, -0.05) is 105 Å². The smallest absolute Gasteiger partial charge is 0.0114 e. The molecular formula is C31H36. The predicted molar refractivity (Wildman–Crippen MR) is 134 cm³/mol. The molecule has 2 aromatic rings. The van der Waals surface area contributed by atoms with Gasteiger partial charge in [-0.3, -0.25) is 0 Å². The fraction of sp³-hybridized carbons (Fsp3) is 0.419. The van der Waals surface area contributed by atoms with Gasteiger partial charge in [-0.2, -0.15) is 0 Å². The van der Waals surface area contributed by atoms with Crippen LogP contribution in [0.5, 0.6) is 0 Å². The molecule has 0 aliphatic heterocycles. The highest BCUT2D eigenvalue weighted by molar-refractivity contribution is 5.90. The van der Waals surface area contributed by atoms with Crippen molar-refractivity contribution in [2.45, 2.75) is 57.8 Å². The highest BCUT2D eigenvalue weighted by Crippen LogP contribution is 2.50. The van der Waals surface area contributed by atoms with E-state index in [1.165, 1.54) is 37.5 Å². The number of hydrogen-bond acceptors (Lipinski definition) is 0. The molecule has 160 valence electrons. The Kier molecular flexibility index (Phi) is 5.99. The third-order valence-electron chi connectivity index (χ3n) is 7.83. The van der Waals surface area contributed by atoms with Gasteiger partial charge in [0.25, 0.3) is 0 Å². The molecule has 0 aromatic heterocycles. The summed E-state index contributed by atoms with van der Waals surface area (Å²) in [5.74, 6) is 4.33. The lowest BCUT2D eigenvalue weighted by Gasteiger charge is -2.20. The van der Waals surface area contributed by atoms with E-state index >= 15 is 0 Å². The molecule has 31 heavy (non-hydrogen) atoms. The Balaban J connectivity index is 0.000000646. The first-order valence-electron chi connectivity index (χ1n) is 12.5. The van der Waals surface area contributed by atoms with Crippen LogP contribution in [0.15, 0.2) is 85.0 Å². The summed E-state index contributed by atoms with van der Waals surface area (Å²) in [5.41, 5.74) is 3.23. The Morgan fingerprint density at radius 3 is 1.29 bits per heavy atom. The zero-order chi connectivity index (χ0) is 21.2. The zero-order valence-corrected chi connectivity index (χ0v) is 19.1. The number of allylic oxidation sites excluding steroid dienone is 8. The second-order valence-electron chi connectivity index (χ2n) is 10.0. The van der Waals surface area contributed by atoms with Crippen molar-refractivity contribution < 1.29 is 0 Å². The first-order chi connectivity index (χ1) is 15.3. The largest absolute Gasteiger partial charge is 0.0808 e. The van der Waals surface area contributed by atoms with Crippen molar-refractivity contribution in [2.75, 3.05) is 0 Å². The molecule has 0 nitrogen and oxygen atoms in total. The van der Waals surface area contributed by atoms with E-state index in [-0.39, 0.29) is 0 Å². The van der Waals surface area contributed by atoms with Crippen molar-refractivity contribution in [1.82, 2.24) is 0 Å². The Morgan fingerprint density at radius 1 is 0.581 bits per heavy atom. The van der Waals surface area contributed by atoms with Crippen LogP contribution in [-0.2, 0) is 0 Å². The average molecular weight is 409 g/mol.